The zero-order chi connectivity index (χ0) is 20.5. The van der Waals surface area contributed by atoms with Crippen LogP contribution in [0.2, 0.25) is 5.02 Å². The largest absolute Gasteiger partial charge is 0.492 e. The van der Waals surface area contributed by atoms with Gasteiger partial charge in [0.15, 0.2) is 0 Å². The molecule has 6 nitrogen and oxygen atoms in total. The number of ether oxygens (including phenoxy) is 1. The lowest BCUT2D eigenvalue weighted by atomic mass is 9.82. The summed E-state index contributed by atoms with van der Waals surface area (Å²) >= 11 is 6.17. The van der Waals surface area contributed by atoms with Crippen molar-refractivity contribution >= 4 is 28.5 Å². The van der Waals surface area contributed by atoms with E-state index in [1.807, 2.05) is 13.0 Å². The molecule has 0 saturated carbocycles. The van der Waals surface area contributed by atoms with E-state index >= 15 is 0 Å². The molecule has 2 aromatic rings. The van der Waals surface area contributed by atoms with Gasteiger partial charge < -0.3 is 10.5 Å². The number of benzene rings is 2. The van der Waals surface area contributed by atoms with Gasteiger partial charge in [-0.05, 0) is 36.8 Å². The molecule has 1 atom stereocenters. The van der Waals surface area contributed by atoms with E-state index in [0.717, 1.165) is 11.6 Å². The van der Waals surface area contributed by atoms with Gasteiger partial charge in [0.25, 0.3) is 0 Å². The van der Waals surface area contributed by atoms with Crippen molar-refractivity contribution in [2.45, 2.75) is 11.8 Å². The summed E-state index contributed by atoms with van der Waals surface area (Å²) in [6, 6.07) is 10.8. The monoisotopic (exact) mass is 421 g/mol. The van der Waals surface area contributed by atoms with Crippen molar-refractivity contribution < 1.29 is 18.1 Å². The highest BCUT2D eigenvalue weighted by Crippen LogP contribution is 2.35. The number of nitrogens with zero attached hydrogens (tertiary/aromatic N) is 2. The maximum Gasteiger partial charge on any atom is 0.229 e. The molecule has 2 N–H and O–H groups in total. The number of nitrogens with two attached hydrogens (primary N) is 1. The van der Waals surface area contributed by atoms with Crippen LogP contribution < -0.4 is 10.5 Å². The third-order valence-electron chi connectivity index (χ3n) is 4.57. The molecular formula is C19H17ClFN3O3S. The highest BCUT2D eigenvalue weighted by molar-refractivity contribution is 7.82. The van der Waals surface area contributed by atoms with Crippen LogP contribution in [0.3, 0.4) is 0 Å². The average molecular weight is 422 g/mol. The third kappa shape index (κ3) is 3.87. The molecule has 3 rings (SSSR count). The lowest BCUT2D eigenvalue weighted by molar-refractivity contribution is -0.136. The van der Waals surface area contributed by atoms with Crippen molar-refractivity contribution in [3.63, 3.8) is 0 Å². The summed E-state index contributed by atoms with van der Waals surface area (Å²) in [4.78, 5) is 12.4. The first-order valence-corrected chi connectivity index (χ1v) is 9.79. The van der Waals surface area contributed by atoms with E-state index in [1.54, 1.807) is 22.5 Å². The van der Waals surface area contributed by atoms with Crippen molar-refractivity contribution in [1.82, 2.24) is 4.31 Å². The molecule has 1 aliphatic heterocycles. The summed E-state index contributed by atoms with van der Waals surface area (Å²) in [7, 11) is -1.54. The van der Waals surface area contributed by atoms with Gasteiger partial charge in [-0.25, -0.2) is 12.9 Å². The number of hydrogen-bond donors (Lipinski definition) is 1. The zero-order valence-electron chi connectivity index (χ0n) is 14.9. The fourth-order valence-corrected chi connectivity index (χ4v) is 4.70. The minimum absolute atomic E-state index is 0.0942. The molecule has 0 aliphatic carbocycles. The van der Waals surface area contributed by atoms with E-state index in [2.05, 4.69) is 0 Å². The minimum atomic E-state index is -1.54. The number of nitriles is 1. The quantitative estimate of drug-likeness (QED) is 0.775. The predicted molar refractivity (Wildman–Crippen MR) is 102 cm³/mol. The van der Waals surface area contributed by atoms with Gasteiger partial charge in [0.05, 0.1) is 15.5 Å². The molecule has 146 valence electrons. The first-order chi connectivity index (χ1) is 13.3. The Hall–Kier alpha value is -2.47. The molecule has 1 unspecified atom stereocenters. The third-order valence-corrected chi connectivity index (χ3v) is 6.45. The maximum atomic E-state index is 13.7. The van der Waals surface area contributed by atoms with Gasteiger partial charge in [-0.2, -0.15) is 5.26 Å². The van der Waals surface area contributed by atoms with Crippen molar-refractivity contribution in [3.05, 3.63) is 58.4 Å². The van der Waals surface area contributed by atoms with E-state index in [0.29, 0.717) is 9.92 Å². The minimum Gasteiger partial charge on any atom is -0.492 e. The molecule has 0 bridgehead atoms. The van der Waals surface area contributed by atoms with Crippen LogP contribution in [0.15, 0.2) is 41.3 Å². The van der Waals surface area contributed by atoms with E-state index in [1.165, 1.54) is 12.1 Å². The first-order valence-electron chi connectivity index (χ1n) is 8.31. The Balaban J connectivity index is 1.69. The van der Waals surface area contributed by atoms with Crippen LogP contribution in [-0.2, 0) is 15.8 Å². The Kier molecular flexibility index (Phi) is 5.70. The van der Waals surface area contributed by atoms with Crippen molar-refractivity contribution in [2.24, 2.45) is 11.1 Å². The number of halogens is 2. The number of carbonyl (C=O) groups is 1. The SMILES string of the molecule is Cc1ccc(S(=O)N2CC(COc3ccc(C#N)c(F)c3)(C(N)=O)C2)c(Cl)c1. The number of carbonyl (C=O) groups excluding carboxylic acids is 1. The van der Waals surface area contributed by atoms with Crippen LogP contribution in [-0.4, -0.2) is 34.1 Å². The van der Waals surface area contributed by atoms with Gasteiger partial charge >= 0.3 is 0 Å². The maximum absolute atomic E-state index is 13.7. The molecular weight excluding hydrogens is 405 g/mol. The molecule has 1 amide bonds. The Morgan fingerprint density at radius 1 is 1.39 bits per heavy atom. The van der Waals surface area contributed by atoms with Crippen LogP contribution in [0, 0.1) is 29.5 Å². The molecule has 1 heterocycles. The second kappa shape index (κ2) is 7.87. The molecule has 0 spiro atoms. The summed E-state index contributed by atoms with van der Waals surface area (Å²) in [5.74, 6) is -1.12. The van der Waals surface area contributed by atoms with Crippen LogP contribution in [0.4, 0.5) is 4.39 Å². The number of aryl methyl sites for hydroxylation is 1. The normalized spacial score (nSPS) is 16.6. The van der Waals surface area contributed by atoms with Gasteiger partial charge in [0.2, 0.25) is 5.91 Å². The van der Waals surface area contributed by atoms with Crippen molar-refractivity contribution in [2.75, 3.05) is 19.7 Å². The Labute approximate surface area is 169 Å². The molecule has 28 heavy (non-hydrogen) atoms. The number of primary amides is 1. The summed E-state index contributed by atoms with van der Waals surface area (Å²) < 4.78 is 33.5. The van der Waals surface area contributed by atoms with Crippen LogP contribution in [0.5, 0.6) is 5.75 Å². The van der Waals surface area contributed by atoms with Gasteiger partial charge in [-0.15, -0.1) is 0 Å². The fraction of sp³-hybridized carbons (Fsp3) is 0.263. The predicted octanol–water partition coefficient (Wildman–Crippen LogP) is 2.55. The molecule has 1 aliphatic rings. The highest BCUT2D eigenvalue weighted by Gasteiger charge is 2.51. The van der Waals surface area contributed by atoms with Gasteiger partial charge in [0.1, 0.15) is 40.6 Å². The molecule has 9 heteroatoms. The molecule has 0 radical (unpaired) electrons. The van der Waals surface area contributed by atoms with Gasteiger partial charge in [-0.3, -0.25) is 4.79 Å². The van der Waals surface area contributed by atoms with Crippen LogP contribution in [0.25, 0.3) is 0 Å². The number of amides is 1. The molecule has 1 fully saturated rings. The Morgan fingerprint density at radius 3 is 2.68 bits per heavy atom. The van der Waals surface area contributed by atoms with Crippen LogP contribution in [0.1, 0.15) is 11.1 Å². The fourth-order valence-electron chi connectivity index (χ4n) is 2.85. The topological polar surface area (TPSA) is 96.4 Å². The van der Waals surface area contributed by atoms with Crippen molar-refractivity contribution in [1.29, 1.82) is 5.26 Å². The molecule has 1 saturated heterocycles. The lowest BCUT2D eigenvalue weighted by Crippen LogP contribution is -2.65. The van der Waals surface area contributed by atoms with E-state index < -0.39 is 28.1 Å². The van der Waals surface area contributed by atoms with Gasteiger partial charge in [0, 0.05) is 19.2 Å². The Morgan fingerprint density at radius 2 is 2.11 bits per heavy atom. The molecule has 2 aromatic carbocycles. The second-order valence-electron chi connectivity index (χ2n) is 6.67. The smallest absolute Gasteiger partial charge is 0.229 e. The lowest BCUT2D eigenvalue weighted by Gasteiger charge is -2.46. The first kappa shape index (κ1) is 20.3. The highest BCUT2D eigenvalue weighted by atomic mass is 35.5. The summed E-state index contributed by atoms with van der Waals surface area (Å²) in [6.07, 6.45) is 0. The van der Waals surface area contributed by atoms with E-state index in [9.17, 15) is 13.4 Å². The summed E-state index contributed by atoms with van der Waals surface area (Å²) in [5, 5.41) is 9.15. The van der Waals surface area contributed by atoms with Crippen LogP contribution >= 0.6 is 11.6 Å². The van der Waals surface area contributed by atoms with E-state index in [-0.39, 0.29) is 31.0 Å². The standard InChI is InChI=1S/C19H17ClFN3O3S/c1-12-2-5-17(15(20)6-12)28(26)24-9-19(10-24,18(23)25)11-27-14-4-3-13(8-22)16(21)7-14/h2-7H,9-11H2,1H3,(H2,23,25). The number of rotatable bonds is 6. The molecule has 0 aromatic heterocycles. The van der Waals surface area contributed by atoms with E-state index in [4.69, 9.17) is 27.3 Å². The summed E-state index contributed by atoms with van der Waals surface area (Å²) in [5.41, 5.74) is 5.34. The number of hydrogen-bond acceptors (Lipinski definition) is 4. The summed E-state index contributed by atoms with van der Waals surface area (Å²) in [6.45, 7) is 2.03. The van der Waals surface area contributed by atoms with Crippen molar-refractivity contribution in [3.8, 4) is 11.8 Å². The average Bonchev–Trinajstić information content (AvgIpc) is 2.60. The van der Waals surface area contributed by atoms with Gasteiger partial charge in [-0.1, -0.05) is 17.7 Å². The Bertz CT molecular complexity index is 1000. The second-order valence-corrected chi connectivity index (χ2v) is 8.53. The zero-order valence-corrected chi connectivity index (χ0v) is 16.5.